The first-order chi connectivity index (χ1) is 6.25. The van der Waals surface area contributed by atoms with Gasteiger partial charge in [-0.1, -0.05) is 6.07 Å². The smallest absolute Gasteiger partial charge is 0.0535 e. The molecular weight excluding hydrogens is 162 g/mol. The summed E-state index contributed by atoms with van der Waals surface area (Å²) in [5.74, 6) is 0.558. The summed E-state index contributed by atoms with van der Waals surface area (Å²) in [6.07, 6.45) is 1.13. The van der Waals surface area contributed by atoms with Crippen molar-refractivity contribution in [3.63, 3.8) is 0 Å². The molecule has 70 valence electrons. The molecule has 0 aliphatic carbocycles. The van der Waals surface area contributed by atoms with Crippen LogP contribution >= 0.6 is 0 Å². The van der Waals surface area contributed by atoms with Crippen molar-refractivity contribution in [2.45, 2.75) is 19.3 Å². The molecule has 1 aliphatic rings. The standard InChI is InChI=1S/C11H15NO/c1-8-4-10(6-11(12)5-8)9-2-3-13-7-9/h4-6,9H,2-3,7,12H2,1H3/t9-/m0/s1. The number of nitrogen functional groups attached to an aromatic ring is 1. The van der Waals surface area contributed by atoms with E-state index in [9.17, 15) is 0 Å². The Hall–Kier alpha value is -1.02. The van der Waals surface area contributed by atoms with E-state index in [1.807, 2.05) is 6.07 Å². The number of ether oxygens (including phenoxy) is 1. The topological polar surface area (TPSA) is 35.2 Å². The molecule has 2 rings (SSSR count). The van der Waals surface area contributed by atoms with E-state index in [0.29, 0.717) is 5.92 Å². The van der Waals surface area contributed by atoms with Crippen molar-refractivity contribution in [1.29, 1.82) is 0 Å². The number of anilines is 1. The molecule has 1 aromatic rings. The summed E-state index contributed by atoms with van der Waals surface area (Å²) < 4.78 is 5.35. The summed E-state index contributed by atoms with van der Waals surface area (Å²) in [5.41, 5.74) is 9.22. The Balaban J connectivity index is 2.28. The van der Waals surface area contributed by atoms with E-state index in [-0.39, 0.29) is 0 Å². The first-order valence-electron chi connectivity index (χ1n) is 4.70. The van der Waals surface area contributed by atoms with Gasteiger partial charge in [0, 0.05) is 18.2 Å². The predicted octanol–water partition coefficient (Wildman–Crippen LogP) is 2.08. The van der Waals surface area contributed by atoms with Gasteiger partial charge in [-0.15, -0.1) is 0 Å². The molecule has 0 unspecified atom stereocenters. The van der Waals surface area contributed by atoms with Gasteiger partial charge >= 0.3 is 0 Å². The van der Waals surface area contributed by atoms with Crippen molar-refractivity contribution in [2.24, 2.45) is 0 Å². The molecule has 1 heterocycles. The number of hydrogen-bond acceptors (Lipinski definition) is 2. The zero-order valence-electron chi connectivity index (χ0n) is 7.92. The molecular formula is C11H15NO. The third-order valence-corrected chi connectivity index (χ3v) is 2.52. The van der Waals surface area contributed by atoms with Crippen LogP contribution in [0.1, 0.15) is 23.5 Å². The van der Waals surface area contributed by atoms with Gasteiger partial charge in [-0.05, 0) is 36.6 Å². The van der Waals surface area contributed by atoms with Crippen molar-refractivity contribution < 1.29 is 4.74 Å². The molecule has 0 spiro atoms. The van der Waals surface area contributed by atoms with E-state index in [1.165, 1.54) is 11.1 Å². The summed E-state index contributed by atoms with van der Waals surface area (Å²) in [7, 11) is 0. The second kappa shape index (κ2) is 3.38. The van der Waals surface area contributed by atoms with E-state index in [0.717, 1.165) is 25.3 Å². The molecule has 1 fully saturated rings. The zero-order chi connectivity index (χ0) is 9.26. The molecule has 0 aromatic heterocycles. The normalized spacial score (nSPS) is 22.1. The van der Waals surface area contributed by atoms with Crippen LogP contribution in [0.3, 0.4) is 0 Å². The maximum Gasteiger partial charge on any atom is 0.0535 e. The van der Waals surface area contributed by atoms with Crippen LogP contribution in [0, 0.1) is 6.92 Å². The highest BCUT2D eigenvalue weighted by molar-refractivity contribution is 5.45. The van der Waals surface area contributed by atoms with E-state index in [1.54, 1.807) is 0 Å². The third kappa shape index (κ3) is 1.83. The highest BCUT2D eigenvalue weighted by Crippen LogP contribution is 2.27. The predicted molar refractivity (Wildman–Crippen MR) is 53.8 cm³/mol. The first kappa shape index (κ1) is 8.57. The average molecular weight is 177 g/mol. The molecule has 2 N–H and O–H groups in total. The van der Waals surface area contributed by atoms with Crippen LogP contribution < -0.4 is 5.73 Å². The largest absolute Gasteiger partial charge is 0.399 e. The van der Waals surface area contributed by atoms with Crippen molar-refractivity contribution in [1.82, 2.24) is 0 Å². The lowest BCUT2D eigenvalue weighted by Crippen LogP contribution is -1.99. The second-order valence-corrected chi connectivity index (χ2v) is 3.74. The van der Waals surface area contributed by atoms with Gasteiger partial charge in [0.15, 0.2) is 0 Å². The number of nitrogens with two attached hydrogens (primary N) is 1. The summed E-state index contributed by atoms with van der Waals surface area (Å²) in [4.78, 5) is 0. The van der Waals surface area contributed by atoms with Gasteiger partial charge in [0.1, 0.15) is 0 Å². The van der Waals surface area contributed by atoms with Gasteiger partial charge in [0.2, 0.25) is 0 Å². The van der Waals surface area contributed by atoms with Crippen molar-refractivity contribution in [2.75, 3.05) is 18.9 Å². The van der Waals surface area contributed by atoms with E-state index in [4.69, 9.17) is 10.5 Å². The molecule has 1 saturated heterocycles. The lowest BCUT2D eigenvalue weighted by molar-refractivity contribution is 0.194. The molecule has 2 nitrogen and oxygen atoms in total. The van der Waals surface area contributed by atoms with Crippen LogP contribution in [-0.4, -0.2) is 13.2 Å². The maximum atomic E-state index is 5.79. The number of hydrogen-bond donors (Lipinski definition) is 1. The minimum absolute atomic E-state index is 0.558. The summed E-state index contributed by atoms with van der Waals surface area (Å²) in [6, 6.07) is 6.27. The Labute approximate surface area is 78.7 Å². The molecule has 2 heteroatoms. The molecule has 0 saturated carbocycles. The highest BCUT2D eigenvalue weighted by atomic mass is 16.5. The highest BCUT2D eigenvalue weighted by Gasteiger charge is 2.17. The minimum atomic E-state index is 0.558. The molecule has 0 amide bonds. The monoisotopic (exact) mass is 177 g/mol. The van der Waals surface area contributed by atoms with Gasteiger partial charge in [0.05, 0.1) is 6.61 Å². The van der Waals surface area contributed by atoms with Crippen molar-refractivity contribution in [3.8, 4) is 0 Å². The number of aryl methyl sites for hydroxylation is 1. The lowest BCUT2D eigenvalue weighted by Gasteiger charge is -2.09. The summed E-state index contributed by atoms with van der Waals surface area (Å²) in [5, 5.41) is 0. The molecule has 0 bridgehead atoms. The SMILES string of the molecule is Cc1cc(N)cc([C@H]2CCOC2)c1. The molecule has 1 atom stereocenters. The van der Waals surface area contributed by atoms with E-state index in [2.05, 4.69) is 19.1 Å². The Morgan fingerprint density at radius 1 is 1.38 bits per heavy atom. The van der Waals surface area contributed by atoms with Crippen LogP contribution in [-0.2, 0) is 4.74 Å². The Kier molecular flexibility index (Phi) is 2.23. The van der Waals surface area contributed by atoms with Crippen LogP contribution in [0.5, 0.6) is 0 Å². The lowest BCUT2D eigenvalue weighted by atomic mass is 9.96. The fourth-order valence-corrected chi connectivity index (χ4v) is 1.88. The Morgan fingerprint density at radius 2 is 2.23 bits per heavy atom. The van der Waals surface area contributed by atoms with Gasteiger partial charge in [-0.2, -0.15) is 0 Å². The fourth-order valence-electron chi connectivity index (χ4n) is 1.88. The van der Waals surface area contributed by atoms with E-state index < -0.39 is 0 Å². The molecule has 1 aliphatic heterocycles. The third-order valence-electron chi connectivity index (χ3n) is 2.52. The van der Waals surface area contributed by atoms with Crippen LogP contribution in [0.4, 0.5) is 5.69 Å². The van der Waals surface area contributed by atoms with Crippen molar-refractivity contribution in [3.05, 3.63) is 29.3 Å². The quantitative estimate of drug-likeness (QED) is 0.666. The van der Waals surface area contributed by atoms with Crippen LogP contribution in [0.15, 0.2) is 18.2 Å². The molecule has 1 aromatic carbocycles. The zero-order valence-corrected chi connectivity index (χ0v) is 7.92. The second-order valence-electron chi connectivity index (χ2n) is 3.74. The van der Waals surface area contributed by atoms with Crippen molar-refractivity contribution >= 4 is 5.69 Å². The number of benzene rings is 1. The van der Waals surface area contributed by atoms with E-state index >= 15 is 0 Å². The Morgan fingerprint density at radius 3 is 2.85 bits per heavy atom. The number of rotatable bonds is 1. The summed E-state index contributed by atoms with van der Waals surface area (Å²) >= 11 is 0. The maximum absolute atomic E-state index is 5.79. The first-order valence-corrected chi connectivity index (χ1v) is 4.70. The van der Waals surface area contributed by atoms with Gasteiger partial charge in [0.25, 0.3) is 0 Å². The van der Waals surface area contributed by atoms with Gasteiger partial charge < -0.3 is 10.5 Å². The minimum Gasteiger partial charge on any atom is -0.399 e. The van der Waals surface area contributed by atoms with Gasteiger partial charge in [-0.3, -0.25) is 0 Å². The fraction of sp³-hybridized carbons (Fsp3) is 0.455. The van der Waals surface area contributed by atoms with Crippen LogP contribution in [0.25, 0.3) is 0 Å². The molecule has 0 radical (unpaired) electrons. The summed E-state index contributed by atoms with van der Waals surface area (Å²) in [6.45, 7) is 3.82. The van der Waals surface area contributed by atoms with Crippen LogP contribution in [0.2, 0.25) is 0 Å². The average Bonchev–Trinajstić information content (AvgIpc) is 2.53. The van der Waals surface area contributed by atoms with Gasteiger partial charge in [-0.25, -0.2) is 0 Å². The molecule has 13 heavy (non-hydrogen) atoms. The Bertz CT molecular complexity index is 283.